The Kier molecular flexibility index (Phi) is 4.83. The highest BCUT2D eigenvalue weighted by molar-refractivity contribution is 5.28. The quantitative estimate of drug-likeness (QED) is 0.886. The first-order valence-electron chi connectivity index (χ1n) is 7.15. The molecule has 0 bridgehead atoms. The summed E-state index contributed by atoms with van der Waals surface area (Å²) in [6.07, 6.45) is 5.46. The maximum absolute atomic E-state index is 10.6. The molecule has 0 spiro atoms. The monoisotopic (exact) mass is 263 g/mol. The Balaban J connectivity index is 1.91. The molecule has 1 aromatic rings. The van der Waals surface area contributed by atoms with Gasteiger partial charge in [0.15, 0.2) is 0 Å². The standard InChI is InChI=1S/C16H25NO2/c1-17(13-16(18)9-4-3-5-10-16)12-14-7-6-8-15(11-14)19-2/h6-8,11,18H,3-5,9-10,12-13H2,1-2H3. The number of methoxy groups -OCH3 is 1. The normalized spacial score (nSPS) is 18.5. The van der Waals surface area contributed by atoms with Gasteiger partial charge in [-0.2, -0.15) is 0 Å². The summed E-state index contributed by atoms with van der Waals surface area (Å²) in [6.45, 7) is 1.60. The lowest BCUT2D eigenvalue weighted by atomic mass is 9.84. The SMILES string of the molecule is COc1cccc(CN(C)CC2(O)CCCCC2)c1. The molecule has 0 aromatic heterocycles. The van der Waals surface area contributed by atoms with E-state index < -0.39 is 5.60 Å². The zero-order chi connectivity index (χ0) is 13.7. The van der Waals surface area contributed by atoms with E-state index in [2.05, 4.69) is 24.1 Å². The maximum atomic E-state index is 10.6. The van der Waals surface area contributed by atoms with Crippen molar-refractivity contribution in [3.8, 4) is 5.75 Å². The van der Waals surface area contributed by atoms with Crippen LogP contribution < -0.4 is 4.74 Å². The predicted octanol–water partition coefficient (Wildman–Crippen LogP) is 2.82. The van der Waals surface area contributed by atoms with Crippen LogP contribution in [0, 0.1) is 0 Å². The van der Waals surface area contributed by atoms with E-state index in [1.807, 2.05) is 12.1 Å². The molecular weight excluding hydrogens is 238 g/mol. The molecule has 1 N–H and O–H groups in total. The first kappa shape index (κ1) is 14.4. The van der Waals surface area contributed by atoms with Gasteiger partial charge in [-0.05, 0) is 37.6 Å². The van der Waals surface area contributed by atoms with Crippen molar-refractivity contribution in [2.24, 2.45) is 0 Å². The van der Waals surface area contributed by atoms with Crippen molar-refractivity contribution >= 4 is 0 Å². The highest BCUT2D eigenvalue weighted by Crippen LogP contribution is 2.29. The number of nitrogens with zero attached hydrogens (tertiary/aromatic N) is 1. The third-order valence-corrected chi connectivity index (χ3v) is 3.94. The highest BCUT2D eigenvalue weighted by Gasteiger charge is 2.30. The van der Waals surface area contributed by atoms with Crippen LogP contribution in [0.1, 0.15) is 37.7 Å². The molecule has 0 heterocycles. The van der Waals surface area contributed by atoms with Gasteiger partial charge >= 0.3 is 0 Å². The van der Waals surface area contributed by atoms with Gasteiger partial charge in [-0.1, -0.05) is 31.4 Å². The molecule has 3 heteroatoms. The van der Waals surface area contributed by atoms with Crippen LogP contribution in [0.4, 0.5) is 0 Å². The van der Waals surface area contributed by atoms with E-state index in [0.29, 0.717) is 0 Å². The number of benzene rings is 1. The molecule has 106 valence electrons. The second-order valence-electron chi connectivity index (χ2n) is 5.81. The number of hydrogen-bond donors (Lipinski definition) is 1. The minimum absolute atomic E-state index is 0.480. The van der Waals surface area contributed by atoms with Crippen molar-refractivity contribution in [3.05, 3.63) is 29.8 Å². The fraction of sp³-hybridized carbons (Fsp3) is 0.625. The number of rotatable bonds is 5. The zero-order valence-electron chi connectivity index (χ0n) is 12.1. The summed E-state index contributed by atoms with van der Waals surface area (Å²) in [6, 6.07) is 8.13. The van der Waals surface area contributed by atoms with Crippen molar-refractivity contribution in [2.75, 3.05) is 20.7 Å². The Hall–Kier alpha value is -1.06. The molecule has 0 saturated heterocycles. The molecule has 0 aliphatic heterocycles. The van der Waals surface area contributed by atoms with Crippen LogP contribution in [0.5, 0.6) is 5.75 Å². The van der Waals surface area contributed by atoms with Gasteiger partial charge in [0, 0.05) is 13.1 Å². The van der Waals surface area contributed by atoms with Crippen LogP contribution in [-0.2, 0) is 6.54 Å². The lowest BCUT2D eigenvalue weighted by molar-refractivity contribution is -0.0223. The smallest absolute Gasteiger partial charge is 0.119 e. The van der Waals surface area contributed by atoms with Gasteiger partial charge in [0.1, 0.15) is 5.75 Å². The first-order chi connectivity index (χ1) is 9.11. The molecule has 0 atom stereocenters. The lowest BCUT2D eigenvalue weighted by Crippen LogP contribution is -2.42. The molecule has 1 saturated carbocycles. The zero-order valence-corrected chi connectivity index (χ0v) is 12.1. The van der Waals surface area contributed by atoms with Crippen LogP contribution in [0.15, 0.2) is 24.3 Å². The van der Waals surface area contributed by atoms with E-state index in [1.165, 1.54) is 12.0 Å². The summed E-state index contributed by atoms with van der Waals surface area (Å²) in [5, 5.41) is 10.6. The summed E-state index contributed by atoms with van der Waals surface area (Å²) in [7, 11) is 3.76. The van der Waals surface area contributed by atoms with Crippen LogP contribution in [0.2, 0.25) is 0 Å². The molecule has 1 fully saturated rings. The first-order valence-corrected chi connectivity index (χ1v) is 7.15. The molecule has 0 amide bonds. The van der Waals surface area contributed by atoms with Crippen LogP contribution >= 0.6 is 0 Å². The van der Waals surface area contributed by atoms with Gasteiger partial charge < -0.3 is 9.84 Å². The summed E-state index contributed by atoms with van der Waals surface area (Å²) in [4.78, 5) is 2.21. The Morgan fingerprint density at radius 1 is 1.26 bits per heavy atom. The van der Waals surface area contributed by atoms with E-state index in [0.717, 1.165) is 44.5 Å². The molecular formula is C16H25NO2. The molecule has 19 heavy (non-hydrogen) atoms. The van der Waals surface area contributed by atoms with Gasteiger partial charge in [0.25, 0.3) is 0 Å². The number of likely N-dealkylation sites (N-methyl/N-ethyl adjacent to an activating group) is 1. The summed E-state index contributed by atoms with van der Waals surface area (Å²) in [5.41, 5.74) is 0.743. The van der Waals surface area contributed by atoms with Crippen molar-refractivity contribution in [1.82, 2.24) is 4.90 Å². The lowest BCUT2D eigenvalue weighted by Gasteiger charge is -2.35. The predicted molar refractivity (Wildman–Crippen MR) is 77.4 cm³/mol. The minimum Gasteiger partial charge on any atom is -0.497 e. The summed E-state index contributed by atoms with van der Waals surface area (Å²) >= 11 is 0. The van der Waals surface area contributed by atoms with E-state index in [4.69, 9.17) is 4.74 Å². The van der Waals surface area contributed by atoms with E-state index in [-0.39, 0.29) is 0 Å². The van der Waals surface area contributed by atoms with E-state index >= 15 is 0 Å². The van der Waals surface area contributed by atoms with Gasteiger partial charge in [0.05, 0.1) is 12.7 Å². The fourth-order valence-corrected chi connectivity index (χ4v) is 3.01. The number of ether oxygens (including phenoxy) is 1. The van der Waals surface area contributed by atoms with Gasteiger partial charge in [0.2, 0.25) is 0 Å². The summed E-state index contributed by atoms with van der Waals surface area (Å²) < 4.78 is 5.24. The number of hydrogen-bond acceptors (Lipinski definition) is 3. The third-order valence-electron chi connectivity index (χ3n) is 3.94. The molecule has 3 nitrogen and oxygen atoms in total. The molecule has 2 rings (SSSR count). The highest BCUT2D eigenvalue weighted by atomic mass is 16.5. The van der Waals surface area contributed by atoms with Crippen LogP contribution in [0.3, 0.4) is 0 Å². The van der Waals surface area contributed by atoms with Crippen LogP contribution in [0.25, 0.3) is 0 Å². The third kappa shape index (κ3) is 4.22. The van der Waals surface area contributed by atoms with E-state index in [1.54, 1.807) is 7.11 Å². The second-order valence-corrected chi connectivity index (χ2v) is 5.81. The Morgan fingerprint density at radius 3 is 2.68 bits per heavy atom. The van der Waals surface area contributed by atoms with Crippen molar-refractivity contribution < 1.29 is 9.84 Å². The molecule has 0 unspecified atom stereocenters. The van der Waals surface area contributed by atoms with Crippen molar-refractivity contribution in [3.63, 3.8) is 0 Å². The van der Waals surface area contributed by atoms with Crippen molar-refractivity contribution in [2.45, 2.75) is 44.2 Å². The largest absolute Gasteiger partial charge is 0.497 e. The summed E-state index contributed by atoms with van der Waals surface area (Å²) in [5.74, 6) is 0.891. The number of aliphatic hydroxyl groups is 1. The second kappa shape index (κ2) is 6.40. The minimum atomic E-state index is -0.480. The molecule has 0 radical (unpaired) electrons. The van der Waals surface area contributed by atoms with Gasteiger partial charge in [-0.3, -0.25) is 4.90 Å². The Bertz CT molecular complexity index is 399. The van der Waals surface area contributed by atoms with E-state index in [9.17, 15) is 5.11 Å². The van der Waals surface area contributed by atoms with Crippen molar-refractivity contribution in [1.29, 1.82) is 0 Å². The molecule has 1 aromatic carbocycles. The van der Waals surface area contributed by atoms with Crippen LogP contribution in [-0.4, -0.2) is 36.3 Å². The molecule has 1 aliphatic rings. The van der Waals surface area contributed by atoms with Gasteiger partial charge in [-0.15, -0.1) is 0 Å². The Morgan fingerprint density at radius 2 is 2.00 bits per heavy atom. The molecule has 1 aliphatic carbocycles. The van der Waals surface area contributed by atoms with Gasteiger partial charge in [-0.25, -0.2) is 0 Å². The average Bonchev–Trinajstić information content (AvgIpc) is 2.39. The maximum Gasteiger partial charge on any atom is 0.119 e. The average molecular weight is 263 g/mol. The topological polar surface area (TPSA) is 32.7 Å². The Labute approximate surface area is 116 Å². The fourth-order valence-electron chi connectivity index (χ4n) is 3.01.